The van der Waals surface area contributed by atoms with Gasteiger partial charge in [0.2, 0.25) is 0 Å². The van der Waals surface area contributed by atoms with E-state index in [9.17, 15) is 9.18 Å². The first-order valence-corrected chi connectivity index (χ1v) is 8.87. The number of hydrogen-bond donors (Lipinski definition) is 0. The third kappa shape index (κ3) is 2.91. The van der Waals surface area contributed by atoms with Crippen LogP contribution in [0.25, 0.3) is 10.2 Å². The molecule has 1 amide bonds. The van der Waals surface area contributed by atoms with Crippen LogP contribution in [0.4, 0.5) is 4.39 Å². The molecule has 3 aromatic rings. The molecule has 0 N–H and O–H groups in total. The summed E-state index contributed by atoms with van der Waals surface area (Å²) in [5, 5.41) is 0. The molecule has 4 rings (SSSR count). The van der Waals surface area contributed by atoms with E-state index in [0.29, 0.717) is 16.3 Å². The van der Waals surface area contributed by atoms with Crippen LogP contribution in [-0.2, 0) is 6.54 Å². The molecule has 1 aromatic heterocycles. The minimum atomic E-state index is -0.265. The highest BCUT2D eigenvalue weighted by Gasteiger charge is 2.23. The Morgan fingerprint density at radius 1 is 1.29 bits per heavy atom. The lowest BCUT2D eigenvalue weighted by atomic mass is 10.1. The van der Waals surface area contributed by atoms with E-state index < -0.39 is 0 Å². The van der Waals surface area contributed by atoms with Gasteiger partial charge in [-0.1, -0.05) is 29.5 Å². The molecular weight excluding hydrogens is 323 g/mol. The number of aromatic nitrogens is 1. The minimum absolute atomic E-state index is 0.246. The number of carbonyl (C=O) groups is 1. The molecule has 1 aliphatic rings. The lowest BCUT2D eigenvalue weighted by Crippen LogP contribution is -2.18. The van der Waals surface area contributed by atoms with Crippen LogP contribution in [0.5, 0.6) is 0 Å². The van der Waals surface area contributed by atoms with E-state index in [0.717, 1.165) is 22.3 Å². The molecule has 0 atom stereocenters. The molecule has 1 fully saturated rings. The number of rotatable bonds is 3. The molecule has 5 heteroatoms. The molecule has 0 aliphatic heterocycles. The maximum absolute atomic E-state index is 13.5. The number of fused-ring (bicyclic) bond motifs is 1. The number of thiazole rings is 1. The normalized spacial score (nSPS) is 15.2. The molecule has 1 saturated carbocycles. The molecule has 3 nitrogen and oxygen atoms in total. The first-order chi connectivity index (χ1) is 11.6. The van der Waals surface area contributed by atoms with Crippen LogP contribution in [-0.4, -0.2) is 10.5 Å². The SMILES string of the molecule is Cc1ccccc1C(=O)N=c1sc2cc(F)ccc2n1CC1CC1. The highest BCUT2D eigenvalue weighted by molar-refractivity contribution is 7.16. The third-order valence-corrected chi connectivity index (χ3v) is 5.40. The van der Waals surface area contributed by atoms with E-state index >= 15 is 0 Å². The minimum Gasteiger partial charge on any atom is -0.316 e. The van der Waals surface area contributed by atoms with Crippen molar-refractivity contribution in [1.29, 1.82) is 0 Å². The Morgan fingerprint density at radius 2 is 2.08 bits per heavy atom. The van der Waals surface area contributed by atoms with Gasteiger partial charge in [-0.15, -0.1) is 0 Å². The molecule has 0 unspecified atom stereocenters. The fourth-order valence-corrected chi connectivity index (χ4v) is 3.89. The van der Waals surface area contributed by atoms with Gasteiger partial charge in [-0.05, 0) is 55.5 Å². The lowest BCUT2D eigenvalue weighted by Gasteiger charge is -2.04. The van der Waals surface area contributed by atoms with Gasteiger partial charge in [0.05, 0.1) is 10.2 Å². The Hall–Kier alpha value is -2.27. The largest absolute Gasteiger partial charge is 0.316 e. The molecule has 0 saturated heterocycles. The van der Waals surface area contributed by atoms with Gasteiger partial charge in [0, 0.05) is 12.1 Å². The average Bonchev–Trinajstić information content (AvgIpc) is 3.31. The second-order valence-electron chi connectivity index (χ2n) is 6.28. The Kier molecular flexibility index (Phi) is 3.81. The van der Waals surface area contributed by atoms with E-state index in [1.807, 2.05) is 25.1 Å². The van der Waals surface area contributed by atoms with Crippen LogP contribution in [0.3, 0.4) is 0 Å². The number of nitrogens with zero attached hydrogens (tertiary/aromatic N) is 2. The molecule has 2 aromatic carbocycles. The summed E-state index contributed by atoms with van der Waals surface area (Å²) in [5.41, 5.74) is 2.47. The van der Waals surface area contributed by atoms with Gasteiger partial charge in [0.1, 0.15) is 5.82 Å². The molecular formula is C19H17FN2OS. The van der Waals surface area contributed by atoms with Crippen LogP contribution in [0.15, 0.2) is 47.5 Å². The van der Waals surface area contributed by atoms with Crippen LogP contribution < -0.4 is 4.80 Å². The van der Waals surface area contributed by atoms with Crippen molar-refractivity contribution in [3.63, 3.8) is 0 Å². The summed E-state index contributed by atoms with van der Waals surface area (Å²) in [4.78, 5) is 17.6. The highest BCUT2D eigenvalue weighted by atomic mass is 32.1. The maximum Gasteiger partial charge on any atom is 0.279 e. The van der Waals surface area contributed by atoms with Gasteiger partial charge < -0.3 is 4.57 Å². The van der Waals surface area contributed by atoms with E-state index in [2.05, 4.69) is 9.56 Å². The predicted octanol–water partition coefficient (Wildman–Crippen LogP) is 4.30. The van der Waals surface area contributed by atoms with Crippen molar-refractivity contribution >= 4 is 27.5 Å². The zero-order valence-corrected chi connectivity index (χ0v) is 14.1. The van der Waals surface area contributed by atoms with Crippen LogP contribution >= 0.6 is 11.3 Å². The van der Waals surface area contributed by atoms with Gasteiger partial charge in [-0.3, -0.25) is 4.79 Å². The number of carbonyl (C=O) groups excluding carboxylic acids is 1. The van der Waals surface area contributed by atoms with Crippen LogP contribution in [0.1, 0.15) is 28.8 Å². The monoisotopic (exact) mass is 340 g/mol. The zero-order chi connectivity index (χ0) is 16.7. The smallest absolute Gasteiger partial charge is 0.279 e. The topological polar surface area (TPSA) is 34.4 Å². The van der Waals surface area contributed by atoms with Gasteiger partial charge in [0.25, 0.3) is 5.91 Å². The van der Waals surface area contributed by atoms with Crippen molar-refractivity contribution in [2.75, 3.05) is 0 Å². The second-order valence-corrected chi connectivity index (χ2v) is 7.29. The molecule has 1 heterocycles. The highest BCUT2D eigenvalue weighted by Crippen LogP contribution is 2.32. The Morgan fingerprint density at radius 3 is 2.83 bits per heavy atom. The van der Waals surface area contributed by atoms with Crippen molar-refractivity contribution in [2.24, 2.45) is 10.9 Å². The average molecular weight is 340 g/mol. The first kappa shape index (κ1) is 15.3. The number of amides is 1. The molecule has 0 bridgehead atoms. The van der Waals surface area contributed by atoms with Crippen LogP contribution in [0, 0.1) is 18.7 Å². The maximum atomic E-state index is 13.5. The molecule has 0 radical (unpaired) electrons. The number of hydrogen-bond acceptors (Lipinski definition) is 2. The van der Waals surface area contributed by atoms with E-state index in [-0.39, 0.29) is 11.7 Å². The van der Waals surface area contributed by atoms with Crippen molar-refractivity contribution in [3.8, 4) is 0 Å². The summed E-state index contributed by atoms with van der Waals surface area (Å²) in [6.07, 6.45) is 2.41. The van der Waals surface area contributed by atoms with Gasteiger partial charge in [-0.25, -0.2) is 4.39 Å². The van der Waals surface area contributed by atoms with Crippen LogP contribution in [0.2, 0.25) is 0 Å². The molecule has 24 heavy (non-hydrogen) atoms. The Labute approximate surface area is 143 Å². The molecule has 122 valence electrons. The standard InChI is InChI=1S/C19H17FN2OS/c1-12-4-2-3-5-15(12)18(23)21-19-22(11-13-6-7-13)16-9-8-14(20)10-17(16)24-19/h2-5,8-10,13H,6-7,11H2,1H3. The fraction of sp³-hybridized carbons (Fsp3) is 0.263. The van der Waals surface area contributed by atoms with Gasteiger partial charge in [-0.2, -0.15) is 4.99 Å². The fourth-order valence-electron chi connectivity index (χ4n) is 2.83. The molecule has 0 spiro atoms. The summed E-state index contributed by atoms with van der Waals surface area (Å²) < 4.78 is 16.4. The summed E-state index contributed by atoms with van der Waals surface area (Å²) in [7, 11) is 0. The quantitative estimate of drug-likeness (QED) is 0.700. The second kappa shape index (κ2) is 5.98. The van der Waals surface area contributed by atoms with Crippen molar-refractivity contribution < 1.29 is 9.18 Å². The van der Waals surface area contributed by atoms with Crippen molar-refractivity contribution in [2.45, 2.75) is 26.3 Å². The summed E-state index contributed by atoms with van der Waals surface area (Å²) in [6, 6.07) is 12.2. The van der Waals surface area contributed by atoms with Gasteiger partial charge in [0.15, 0.2) is 4.80 Å². The predicted molar refractivity (Wildman–Crippen MR) is 93.6 cm³/mol. The Bertz CT molecular complexity index is 998. The summed E-state index contributed by atoms with van der Waals surface area (Å²) >= 11 is 1.37. The number of halogens is 1. The number of benzene rings is 2. The summed E-state index contributed by atoms with van der Waals surface area (Å²) in [5.74, 6) is 0.129. The Balaban J connectivity index is 1.85. The van der Waals surface area contributed by atoms with Gasteiger partial charge >= 0.3 is 0 Å². The van der Waals surface area contributed by atoms with E-state index in [4.69, 9.17) is 0 Å². The third-order valence-electron chi connectivity index (χ3n) is 4.36. The van der Waals surface area contributed by atoms with Crippen molar-refractivity contribution in [3.05, 3.63) is 64.2 Å². The first-order valence-electron chi connectivity index (χ1n) is 8.05. The van der Waals surface area contributed by atoms with Crippen molar-refractivity contribution in [1.82, 2.24) is 4.57 Å². The lowest BCUT2D eigenvalue weighted by molar-refractivity contribution is 0.0997. The van der Waals surface area contributed by atoms with E-state index in [1.165, 1.54) is 36.3 Å². The number of aryl methyl sites for hydroxylation is 1. The summed E-state index contributed by atoms with van der Waals surface area (Å²) in [6.45, 7) is 2.74. The molecule has 1 aliphatic carbocycles. The van der Waals surface area contributed by atoms with E-state index in [1.54, 1.807) is 12.1 Å². The zero-order valence-electron chi connectivity index (χ0n) is 13.3.